The van der Waals surface area contributed by atoms with Crippen LogP contribution in [0.4, 0.5) is 0 Å². The second-order valence-corrected chi connectivity index (χ2v) is 10.0. The number of rotatable bonds is 15. The third-order valence-corrected chi connectivity index (χ3v) is 6.61. The van der Waals surface area contributed by atoms with Gasteiger partial charge in [-0.1, -0.05) is 21.6 Å². The molecule has 0 fully saturated rings. The normalized spacial score (nSPS) is 10.1. The topological polar surface area (TPSA) is 68.3 Å². The maximum atomic E-state index is 5.56. The molecule has 2 N–H and O–H groups in total. The van der Waals surface area contributed by atoms with Crippen molar-refractivity contribution < 1.29 is 9.47 Å². The van der Waals surface area contributed by atoms with E-state index >= 15 is 0 Å². The van der Waals surface area contributed by atoms with Gasteiger partial charge in [0.2, 0.25) is 11.8 Å². The molecule has 170 valence electrons. The minimum Gasteiger partial charge on any atom is -0.476 e. The van der Waals surface area contributed by atoms with Gasteiger partial charge in [-0.15, -0.1) is 24.8 Å². The van der Waals surface area contributed by atoms with Crippen molar-refractivity contribution in [3.63, 3.8) is 0 Å². The van der Waals surface area contributed by atoms with E-state index in [0.717, 1.165) is 46.6 Å². The summed E-state index contributed by atoms with van der Waals surface area (Å²) in [6, 6.07) is 7.55. The average Bonchev–Trinajstić information content (AvgIpc) is 2.71. The molecule has 2 heterocycles. The number of pyridine rings is 2. The SMILES string of the molecule is Brc1ccc(OCCNCCSSCCNCCOc2ccc(Br)cn2)nc1.Cl.Cl. The van der Waals surface area contributed by atoms with Gasteiger partial charge in [0.15, 0.2) is 0 Å². The lowest BCUT2D eigenvalue weighted by atomic mass is 10.5. The minimum atomic E-state index is 0. The molecule has 0 radical (unpaired) electrons. The van der Waals surface area contributed by atoms with E-state index in [0.29, 0.717) is 25.0 Å². The molecule has 0 bridgehead atoms. The zero-order chi connectivity index (χ0) is 19.9. The lowest BCUT2D eigenvalue weighted by Gasteiger charge is -2.07. The first-order valence-corrected chi connectivity index (χ1v) is 13.0. The van der Waals surface area contributed by atoms with Gasteiger partial charge in [0.05, 0.1) is 0 Å². The summed E-state index contributed by atoms with van der Waals surface area (Å²) in [5.41, 5.74) is 0. The summed E-state index contributed by atoms with van der Waals surface area (Å²) in [5, 5.41) is 6.74. The van der Waals surface area contributed by atoms with Gasteiger partial charge in [0, 0.05) is 71.2 Å². The first-order valence-electron chi connectivity index (χ1n) is 8.88. The van der Waals surface area contributed by atoms with Crippen LogP contribution in [0.5, 0.6) is 11.8 Å². The van der Waals surface area contributed by atoms with Crippen molar-refractivity contribution in [2.45, 2.75) is 0 Å². The Labute approximate surface area is 215 Å². The van der Waals surface area contributed by atoms with Crippen LogP contribution in [0, 0.1) is 0 Å². The maximum Gasteiger partial charge on any atom is 0.213 e. The van der Waals surface area contributed by atoms with Crippen molar-refractivity contribution in [2.24, 2.45) is 0 Å². The minimum absolute atomic E-state index is 0. The molecule has 12 heteroatoms. The third kappa shape index (κ3) is 15.0. The zero-order valence-electron chi connectivity index (χ0n) is 16.2. The van der Waals surface area contributed by atoms with Crippen LogP contribution in [0.1, 0.15) is 0 Å². The van der Waals surface area contributed by atoms with Crippen LogP contribution in [-0.4, -0.2) is 60.9 Å². The smallest absolute Gasteiger partial charge is 0.213 e. The van der Waals surface area contributed by atoms with E-state index < -0.39 is 0 Å². The molecule has 0 aliphatic carbocycles. The quantitative estimate of drug-likeness (QED) is 0.215. The Balaban J connectivity index is 0.00000420. The molecule has 0 aliphatic rings. The Morgan fingerprint density at radius 2 is 1.13 bits per heavy atom. The van der Waals surface area contributed by atoms with Crippen LogP contribution in [0.25, 0.3) is 0 Å². The third-order valence-electron chi connectivity index (χ3n) is 3.27. The monoisotopic (exact) mass is 622 g/mol. The predicted molar refractivity (Wildman–Crippen MR) is 140 cm³/mol. The molecule has 0 saturated carbocycles. The number of hydrogen-bond acceptors (Lipinski definition) is 8. The van der Waals surface area contributed by atoms with E-state index in [9.17, 15) is 0 Å². The molecule has 2 aromatic heterocycles. The van der Waals surface area contributed by atoms with Gasteiger partial charge in [-0.25, -0.2) is 9.97 Å². The van der Waals surface area contributed by atoms with Gasteiger partial charge in [-0.05, 0) is 44.0 Å². The molecule has 0 aromatic carbocycles. The van der Waals surface area contributed by atoms with Crippen molar-refractivity contribution >= 4 is 78.3 Å². The van der Waals surface area contributed by atoms with Gasteiger partial charge in [0.25, 0.3) is 0 Å². The highest BCUT2D eigenvalue weighted by Gasteiger charge is 1.97. The Hall–Kier alpha value is 0.0600. The van der Waals surface area contributed by atoms with Gasteiger partial charge < -0.3 is 20.1 Å². The Morgan fingerprint density at radius 1 is 0.700 bits per heavy atom. The fourth-order valence-electron chi connectivity index (χ4n) is 1.95. The van der Waals surface area contributed by atoms with E-state index in [2.05, 4.69) is 52.5 Å². The summed E-state index contributed by atoms with van der Waals surface area (Å²) in [6.07, 6.45) is 3.47. The van der Waals surface area contributed by atoms with E-state index in [-0.39, 0.29) is 24.8 Å². The summed E-state index contributed by atoms with van der Waals surface area (Å²) in [5.74, 6) is 3.45. The summed E-state index contributed by atoms with van der Waals surface area (Å²) in [4.78, 5) is 8.34. The summed E-state index contributed by atoms with van der Waals surface area (Å²) >= 11 is 6.70. The molecular formula is C18H26Br2Cl2N4O2S2. The number of hydrogen-bond donors (Lipinski definition) is 2. The number of nitrogens with one attached hydrogen (secondary N) is 2. The van der Waals surface area contributed by atoms with Gasteiger partial charge in [-0.3, -0.25) is 0 Å². The summed E-state index contributed by atoms with van der Waals surface area (Å²) in [6.45, 7) is 4.81. The van der Waals surface area contributed by atoms with Crippen LogP contribution in [0.2, 0.25) is 0 Å². The van der Waals surface area contributed by atoms with Crippen LogP contribution in [-0.2, 0) is 0 Å². The number of halogens is 4. The van der Waals surface area contributed by atoms with Gasteiger partial charge >= 0.3 is 0 Å². The van der Waals surface area contributed by atoms with E-state index in [1.165, 1.54) is 0 Å². The molecule has 30 heavy (non-hydrogen) atoms. The Bertz CT molecular complexity index is 604. The van der Waals surface area contributed by atoms with Crippen molar-refractivity contribution in [3.05, 3.63) is 45.6 Å². The lowest BCUT2D eigenvalue weighted by molar-refractivity contribution is 0.303. The first kappa shape index (κ1) is 30.1. The van der Waals surface area contributed by atoms with Crippen LogP contribution in [0.3, 0.4) is 0 Å². The molecule has 2 rings (SSSR count). The maximum absolute atomic E-state index is 5.56. The molecular weight excluding hydrogens is 599 g/mol. The van der Waals surface area contributed by atoms with Gasteiger partial charge in [0.1, 0.15) is 13.2 Å². The number of nitrogens with zero attached hydrogens (tertiary/aromatic N) is 2. The molecule has 0 saturated heterocycles. The van der Waals surface area contributed by atoms with E-state index in [1.54, 1.807) is 12.4 Å². The highest BCUT2D eigenvalue weighted by Crippen LogP contribution is 2.19. The van der Waals surface area contributed by atoms with Crippen molar-refractivity contribution in [1.82, 2.24) is 20.6 Å². The Morgan fingerprint density at radius 3 is 1.50 bits per heavy atom. The molecule has 0 aliphatic heterocycles. The molecule has 0 unspecified atom stereocenters. The van der Waals surface area contributed by atoms with E-state index in [4.69, 9.17) is 9.47 Å². The Kier molecular flexibility index (Phi) is 19.8. The van der Waals surface area contributed by atoms with Crippen LogP contribution < -0.4 is 20.1 Å². The average molecular weight is 625 g/mol. The highest BCUT2D eigenvalue weighted by molar-refractivity contribution is 9.10. The predicted octanol–water partition coefficient (Wildman–Crippen LogP) is 4.86. The largest absolute Gasteiger partial charge is 0.476 e. The summed E-state index contributed by atoms with van der Waals surface area (Å²) < 4.78 is 13.0. The number of aromatic nitrogens is 2. The van der Waals surface area contributed by atoms with E-state index in [1.807, 2.05) is 45.9 Å². The van der Waals surface area contributed by atoms with Crippen LogP contribution >= 0.6 is 78.3 Å². The fourth-order valence-corrected chi connectivity index (χ4v) is 4.31. The standard InChI is InChI=1S/C18H24Br2N4O2S2.2ClH/c19-15-1-3-17(23-13-15)25-9-5-21-7-11-27-28-12-8-22-6-10-26-18-4-2-16(20)14-24-18;;/h1-4,13-14,21-22H,5-12H2;2*1H. The molecule has 0 amide bonds. The number of ether oxygens (including phenoxy) is 2. The molecule has 2 aromatic rings. The second kappa shape index (κ2) is 19.7. The fraction of sp³-hybridized carbons (Fsp3) is 0.444. The molecule has 0 atom stereocenters. The summed E-state index contributed by atoms with van der Waals surface area (Å²) in [7, 11) is 3.76. The van der Waals surface area contributed by atoms with Gasteiger partial charge in [-0.2, -0.15) is 0 Å². The molecule has 0 spiro atoms. The first-order chi connectivity index (χ1) is 13.7. The van der Waals surface area contributed by atoms with Crippen molar-refractivity contribution in [2.75, 3.05) is 50.9 Å². The molecule has 6 nitrogen and oxygen atoms in total. The van der Waals surface area contributed by atoms with Crippen molar-refractivity contribution in [3.8, 4) is 11.8 Å². The highest BCUT2D eigenvalue weighted by atomic mass is 79.9. The zero-order valence-corrected chi connectivity index (χ0v) is 22.7. The van der Waals surface area contributed by atoms with Crippen LogP contribution in [0.15, 0.2) is 45.6 Å². The second-order valence-electron chi connectivity index (χ2n) is 5.47. The lowest BCUT2D eigenvalue weighted by Crippen LogP contribution is -2.24. The van der Waals surface area contributed by atoms with Crippen molar-refractivity contribution in [1.29, 1.82) is 0 Å².